The Balaban J connectivity index is 1.59. The van der Waals surface area contributed by atoms with Crippen molar-refractivity contribution in [2.45, 2.75) is 25.9 Å². The summed E-state index contributed by atoms with van der Waals surface area (Å²) in [6, 6.07) is 10.6. The average molecular weight is 371 g/mol. The number of benzene rings is 1. The number of likely N-dealkylation sites (N-methyl/N-ethyl adjacent to an activating group) is 1. The van der Waals surface area contributed by atoms with Gasteiger partial charge in [0.15, 0.2) is 11.5 Å². The first kappa shape index (κ1) is 19.5. The monoisotopic (exact) mass is 371 g/mol. The van der Waals surface area contributed by atoms with Crippen LogP contribution in [0.4, 0.5) is 5.82 Å². The van der Waals surface area contributed by atoms with Crippen LogP contribution in [-0.2, 0) is 11.3 Å². The van der Waals surface area contributed by atoms with E-state index in [4.69, 9.17) is 14.2 Å². The van der Waals surface area contributed by atoms with E-state index in [2.05, 4.69) is 46.4 Å². The predicted molar refractivity (Wildman–Crippen MR) is 107 cm³/mol. The number of anilines is 1. The van der Waals surface area contributed by atoms with Crippen LogP contribution >= 0.6 is 0 Å². The Bertz CT molecular complexity index is 721. The van der Waals surface area contributed by atoms with Crippen LogP contribution in [-0.4, -0.2) is 45.5 Å². The number of nitrogens with zero attached hydrogens (tertiary/aromatic N) is 2. The summed E-state index contributed by atoms with van der Waals surface area (Å²) < 4.78 is 16.4. The van der Waals surface area contributed by atoms with Crippen LogP contribution in [0.1, 0.15) is 30.5 Å². The SMILES string of the molecule is CC[C@@H](NCc1ccc(N(C)CCOC)nc1)c1ccc2c(c1)OCCO2. The summed E-state index contributed by atoms with van der Waals surface area (Å²) in [6.45, 7) is 5.68. The number of pyridine rings is 1. The van der Waals surface area contributed by atoms with Crippen molar-refractivity contribution in [2.75, 3.05) is 45.4 Å². The summed E-state index contributed by atoms with van der Waals surface area (Å²) in [4.78, 5) is 6.65. The van der Waals surface area contributed by atoms with Crippen LogP contribution in [0.2, 0.25) is 0 Å². The van der Waals surface area contributed by atoms with E-state index in [1.54, 1.807) is 7.11 Å². The number of rotatable bonds is 9. The molecule has 146 valence electrons. The molecule has 0 bridgehead atoms. The zero-order valence-electron chi connectivity index (χ0n) is 16.4. The fourth-order valence-electron chi connectivity index (χ4n) is 3.11. The second-order valence-electron chi connectivity index (χ2n) is 6.68. The lowest BCUT2D eigenvalue weighted by atomic mass is 10.0. The molecule has 2 heterocycles. The molecule has 6 heteroatoms. The highest BCUT2D eigenvalue weighted by Gasteiger charge is 2.16. The molecule has 1 aromatic heterocycles. The van der Waals surface area contributed by atoms with Gasteiger partial charge in [-0.25, -0.2) is 4.98 Å². The molecule has 0 aliphatic carbocycles. The fourth-order valence-corrected chi connectivity index (χ4v) is 3.11. The minimum atomic E-state index is 0.255. The lowest BCUT2D eigenvalue weighted by Gasteiger charge is -2.22. The minimum Gasteiger partial charge on any atom is -0.486 e. The van der Waals surface area contributed by atoms with Gasteiger partial charge in [-0.05, 0) is 35.7 Å². The van der Waals surface area contributed by atoms with Gasteiger partial charge in [-0.3, -0.25) is 0 Å². The minimum absolute atomic E-state index is 0.255. The molecular formula is C21H29N3O3. The van der Waals surface area contributed by atoms with Gasteiger partial charge in [-0.1, -0.05) is 19.1 Å². The summed E-state index contributed by atoms with van der Waals surface area (Å²) in [5.41, 5.74) is 2.38. The highest BCUT2D eigenvalue weighted by molar-refractivity contribution is 5.44. The highest BCUT2D eigenvalue weighted by atomic mass is 16.6. The van der Waals surface area contributed by atoms with Crippen LogP contribution in [0.15, 0.2) is 36.5 Å². The first-order valence-electron chi connectivity index (χ1n) is 9.49. The molecule has 1 aliphatic rings. The Labute approximate surface area is 161 Å². The summed E-state index contributed by atoms with van der Waals surface area (Å²) >= 11 is 0. The van der Waals surface area contributed by atoms with Crippen LogP contribution in [0, 0.1) is 0 Å². The molecule has 2 aromatic rings. The Kier molecular flexibility index (Phi) is 6.90. The molecule has 0 amide bonds. The van der Waals surface area contributed by atoms with E-state index in [1.807, 2.05) is 19.3 Å². The molecule has 3 rings (SSSR count). The standard InChI is InChI=1S/C21H29N3O3/c1-4-18(17-6-7-19-20(13-17)27-12-11-26-19)22-14-16-5-8-21(23-15-16)24(2)9-10-25-3/h5-8,13,15,18,22H,4,9-12,14H2,1-3H3/t18-/m1/s1. The van der Waals surface area contributed by atoms with Gasteiger partial charge in [-0.15, -0.1) is 0 Å². The van der Waals surface area contributed by atoms with Gasteiger partial charge in [0.05, 0.1) is 6.61 Å². The van der Waals surface area contributed by atoms with E-state index in [0.29, 0.717) is 19.8 Å². The molecular weight excluding hydrogens is 342 g/mol. The largest absolute Gasteiger partial charge is 0.486 e. The maximum atomic E-state index is 5.71. The third kappa shape index (κ3) is 5.11. The lowest BCUT2D eigenvalue weighted by molar-refractivity contribution is 0.171. The maximum Gasteiger partial charge on any atom is 0.161 e. The normalized spacial score (nSPS) is 14.0. The van der Waals surface area contributed by atoms with Crippen LogP contribution < -0.4 is 19.7 Å². The van der Waals surface area contributed by atoms with Crippen molar-refractivity contribution >= 4 is 5.82 Å². The van der Waals surface area contributed by atoms with Gasteiger partial charge in [0.2, 0.25) is 0 Å². The van der Waals surface area contributed by atoms with Crippen LogP contribution in [0.25, 0.3) is 0 Å². The second kappa shape index (κ2) is 9.58. The summed E-state index contributed by atoms with van der Waals surface area (Å²) in [6.07, 6.45) is 2.92. The molecule has 1 aromatic carbocycles. The van der Waals surface area contributed by atoms with Crippen molar-refractivity contribution < 1.29 is 14.2 Å². The molecule has 0 saturated heterocycles. The molecule has 6 nitrogen and oxygen atoms in total. The van der Waals surface area contributed by atoms with E-state index >= 15 is 0 Å². The van der Waals surface area contributed by atoms with Crippen LogP contribution in [0.3, 0.4) is 0 Å². The quantitative estimate of drug-likeness (QED) is 0.731. The van der Waals surface area contributed by atoms with E-state index in [0.717, 1.165) is 42.4 Å². The van der Waals surface area contributed by atoms with Crippen molar-refractivity contribution in [1.82, 2.24) is 10.3 Å². The molecule has 0 unspecified atom stereocenters. The lowest BCUT2D eigenvalue weighted by Crippen LogP contribution is -2.23. The van der Waals surface area contributed by atoms with Gasteiger partial charge in [0.1, 0.15) is 19.0 Å². The Morgan fingerprint density at radius 1 is 1.19 bits per heavy atom. The topological polar surface area (TPSA) is 55.9 Å². The van der Waals surface area contributed by atoms with E-state index < -0.39 is 0 Å². The van der Waals surface area contributed by atoms with Crippen molar-refractivity contribution in [3.63, 3.8) is 0 Å². The first-order valence-corrected chi connectivity index (χ1v) is 9.49. The van der Waals surface area contributed by atoms with E-state index in [-0.39, 0.29) is 6.04 Å². The number of hydrogen-bond donors (Lipinski definition) is 1. The predicted octanol–water partition coefficient (Wildman–Crippen LogP) is 3.18. The third-order valence-corrected chi connectivity index (χ3v) is 4.76. The molecule has 27 heavy (non-hydrogen) atoms. The zero-order valence-corrected chi connectivity index (χ0v) is 16.4. The Morgan fingerprint density at radius 2 is 2.00 bits per heavy atom. The number of nitrogens with one attached hydrogen (secondary N) is 1. The van der Waals surface area contributed by atoms with Gasteiger partial charge < -0.3 is 24.4 Å². The second-order valence-corrected chi connectivity index (χ2v) is 6.68. The van der Waals surface area contributed by atoms with Gasteiger partial charge in [-0.2, -0.15) is 0 Å². The molecule has 1 aliphatic heterocycles. The number of methoxy groups -OCH3 is 1. The number of aromatic nitrogens is 1. The molecule has 0 fully saturated rings. The third-order valence-electron chi connectivity index (χ3n) is 4.76. The Morgan fingerprint density at radius 3 is 2.70 bits per heavy atom. The highest BCUT2D eigenvalue weighted by Crippen LogP contribution is 2.33. The Hall–Kier alpha value is -2.31. The summed E-state index contributed by atoms with van der Waals surface area (Å²) in [7, 11) is 3.73. The van der Waals surface area contributed by atoms with Crippen molar-refractivity contribution in [3.8, 4) is 11.5 Å². The van der Waals surface area contributed by atoms with Gasteiger partial charge in [0, 0.05) is 39.5 Å². The molecule has 1 atom stereocenters. The maximum absolute atomic E-state index is 5.71. The molecule has 0 spiro atoms. The fraction of sp³-hybridized carbons (Fsp3) is 0.476. The molecule has 1 N–H and O–H groups in total. The molecule has 0 radical (unpaired) electrons. The van der Waals surface area contributed by atoms with Gasteiger partial charge in [0.25, 0.3) is 0 Å². The van der Waals surface area contributed by atoms with Crippen molar-refractivity contribution in [1.29, 1.82) is 0 Å². The van der Waals surface area contributed by atoms with Crippen molar-refractivity contribution in [2.24, 2.45) is 0 Å². The first-order chi connectivity index (χ1) is 13.2. The summed E-state index contributed by atoms with van der Waals surface area (Å²) in [5, 5.41) is 3.62. The van der Waals surface area contributed by atoms with Gasteiger partial charge >= 0.3 is 0 Å². The smallest absolute Gasteiger partial charge is 0.161 e. The number of hydrogen-bond acceptors (Lipinski definition) is 6. The number of fused-ring (bicyclic) bond motifs is 1. The van der Waals surface area contributed by atoms with E-state index in [9.17, 15) is 0 Å². The number of ether oxygens (including phenoxy) is 3. The average Bonchev–Trinajstić information content (AvgIpc) is 2.72. The zero-order chi connectivity index (χ0) is 19.1. The van der Waals surface area contributed by atoms with Crippen LogP contribution in [0.5, 0.6) is 11.5 Å². The van der Waals surface area contributed by atoms with E-state index in [1.165, 1.54) is 5.56 Å². The summed E-state index contributed by atoms with van der Waals surface area (Å²) in [5.74, 6) is 2.62. The molecule has 0 saturated carbocycles. The van der Waals surface area contributed by atoms with Crippen molar-refractivity contribution in [3.05, 3.63) is 47.7 Å².